The van der Waals surface area contributed by atoms with Gasteiger partial charge in [0.1, 0.15) is 0 Å². The summed E-state index contributed by atoms with van der Waals surface area (Å²) in [6, 6.07) is 11.3. The highest BCUT2D eigenvalue weighted by Crippen LogP contribution is 2.58. The van der Waals surface area contributed by atoms with E-state index in [-0.39, 0.29) is 16.0 Å². The zero-order valence-electron chi connectivity index (χ0n) is 16.1. The third kappa shape index (κ3) is 2.01. The van der Waals surface area contributed by atoms with Crippen molar-refractivity contribution in [3.05, 3.63) is 63.2 Å². The Kier molecular flexibility index (Phi) is 3.54. The Morgan fingerprint density at radius 2 is 1.89 bits per heavy atom. The number of methoxy groups -OCH3 is 1. The van der Waals surface area contributed by atoms with Crippen LogP contribution in [-0.2, 0) is 5.41 Å². The van der Waals surface area contributed by atoms with Gasteiger partial charge in [-0.15, -0.1) is 0 Å². The highest BCUT2D eigenvalue weighted by molar-refractivity contribution is 5.79. The number of hydrogen-bond donors (Lipinski definition) is 0. The summed E-state index contributed by atoms with van der Waals surface area (Å²) < 4.78 is 12.1. The average molecular weight is 366 g/mol. The molecule has 0 saturated carbocycles. The molecule has 2 aromatic rings. The molecule has 0 saturated heterocycles. The zero-order chi connectivity index (χ0) is 19.6. The standard InChI is InChI=1S/C21H22N2O4/c1-13-12-14-16(23(24)25)10-11-18(26-5)19(14)27-21(13)20(2,3)15-8-6-7-9-17(15)22(21)4/h6-12H,1-5H3. The third-order valence-electron chi connectivity index (χ3n) is 5.96. The molecule has 2 heterocycles. The zero-order valence-corrected chi connectivity index (χ0v) is 16.1. The highest BCUT2D eigenvalue weighted by Gasteiger charge is 2.60. The van der Waals surface area contributed by atoms with Crippen molar-refractivity contribution < 1.29 is 14.4 Å². The van der Waals surface area contributed by atoms with Crippen LogP contribution in [0.15, 0.2) is 42.0 Å². The van der Waals surface area contributed by atoms with Crippen molar-refractivity contribution in [2.24, 2.45) is 0 Å². The van der Waals surface area contributed by atoms with Crippen LogP contribution >= 0.6 is 0 Å². The minimum absolute atomic E-state index is 0.0102. The quantitative estimate of drug-likeness (QED) is 0.577. The molecule has 4 rings (SSSR count). The molecule has 2 aliphatic heterocycles. The summed E-state index contributed by atoms with van der Waals surface area (Å²) >= 11 is 0. The highest BCUT2D eigenvalue weighted by atomic mass is 16.6. The lowest BCUT2D eigenvalue weighted by molar-refractivity contribution is -0.385. The summed E-state index contributed by atoms with van der Waals surface area (Å²) in [5.41, 5.74) is 2.45. The van der Waals surface area contributed by atoms with Crippen molar-refractivity contribution in [2.75, 3.05) is 19.1 Å². The number of ether oxygens (including phenoxy) is 2. The molecule has 6 heteroatoms. The van der Waals surface area contributed by atoms with Crippen molar-refractivity contribution in [3.8, 4) is 11.5 Å². The molecular formula is C21H22N2O4. The lowest BCUT2D eigenvalue weighted by Gasteiger charge is -2.48. The number of benzene rings is 2. The van der Waals surface area contributed by atoms with E-state index in [1.807, 2.05) is 32.2 Å². The number of para-hydroxylation sites is 1. The maximum absolute atomic E-state index is 11.5. The van der Waals surface area contributed by atoms with E-state index >= 15 is 0 Å². The first-order valence-corrected chi connectivity index (χ1v) is 8.82. The summed E-state index contributed by atoms with van der Waals surface area (Å²) in [6.07, 6.45) is 1.86. The van der Waals surface area contributed by atoms with E-state index in [0.717, 1.165) is 11.3 Å². The fourth-order valence-electron chi connectivity index (χ4n) is 4.70. The number of hydrogen-bond acceptors (Lipinski definition) is 5. The maximum atomic E-state index is 11.5. The van der Waals surface area contributed by atoms with E-state index in [9.17, 15) is 10.1 Å². The molecule has 140 valence electrons. The minimum atomic E-state index is -0.799. The Morgan fingerprint density at radius 1 is 1.19 bits per heavy atom. The monoisotopic (exact) mass is 366 g/mol. The molecule has 6 nitrogen and oxygen atoms in total. The van der Waals surface area contributed by atoms with Gasteiger partial charge in [-0.1, -0.05) is 18.2 Å². The summed E-state index contributed by atoms with van der Waals surface area (Å²) in [6.45, 7) is 6.25. The fourth-order valence-corrected chi connectivity index (χ4v) is 4.70. The van der Waals surface area contributed by atoms with Gasteiger partial charge in [-0.2, -0.15) is 0 Å². The van der Waals surface area contributed by atoms with Gasteiger partial charge in [0.05, 0.1) is 23.0 Å². The lowest BCUT2D eigenvalue weighted by Crippen LogP contribution is -2.60. The van der Waals surface area contributed by atoms with Gasteiger partial charge < -0.3 is 14.4 Å². The first-order valence-electron chi connectivity index (χ1n) is 8.82. The molecule has 0 aliphatic carbocycles. The molecule has 1 atom stereocenters. The summed E-state index contributed by atoms with van der Waals surface area (Å²) in [4.78, 5) is 13.3. The number of fused-ring (bicyclic) bond motifs is 2. The van der Waals surface area contributed by atoms with Crippen LogP contribution in [0.3, 0.4) is 0 Å². The Balaban J connectivity index is 2.00. The van der Waals surface area contributed by atoms with E-state index in [0.29, 0.717) is 17.1 Å². The van der Waals surface area contributed by atoms with Gasteiger partial charge in [-0.3, -0.25) is 10.1 Å². The predicted octanol–water partition coefficient (Wildman–Crippen LogP) is 4.52. The Hall–Kier alpha value is -3.02. The van der Waals surface area contributed by atoms with Crippen LogP contribution in [0, 0.1) is 10.1 Å². The van der Waals surface area contributed by atoms with Crippen LogP contribution in [0.2, 0.25) is 0 Å². The van der Waals surface area contributed by atoms with E-state index < -0.39 is 5.72 Å². The fraction of sp³-hybridized carbons (Fsp3) is 0.333. The second kappa shape index (κ2) is 5.49. The number of rotatable bonds is 2. The predicted molar refractivity (Wildman–Crippen MR) is 105 cm³/mol. The second-order valence-corrected chi connectivity index (χ2v) is 7.56. The van der Waals surface area contributed by atoms with Crippen LogP contribution in [0.1, 0.15) is 31.9 Å². The van der Waals surface area contributed by atoms with Crippen LogP contribution < -0.4 is 14.4 Å². The molecule has 0 amide bonds. The molecule has 1 unspecified atom stereocenters. The summed E-state index contributed by atoms with van der Waals surface area (Å²) in [7, 11) is 3.54. The third-order valence-corrected chi connectivity index (χ3v) is 5.96. The van der Waals surface area contributed by atoms with Gasteiger partial charge in [0.2, 0.25) is 5.72 Å². The van der Waals surface area contributed by atoms with E-state index in [1.165, 1.54) is 11.6 Å². The second-order valence-electron chi connectivity index (χ2n) is 7.56. The van der Waals surface area contributed by atoms with Crippen molar-refractivity contribution in [1.29, 1.82) is 0 Å². The topological polar surface area (TPSA) is 64.8 Å². The molecule has 0 N–H and O–H groups in total. The first-order chi connectivity index (χ1) is 12.8. The number of likely N-dealkylation sites (N-methyl/N-ethyl adjacent to an activating group) is 1. The van der Waals surface area contributed by atoms with Crippen molar-refractivity contribution in [2.45, 2.75) is 31.9 Å². The van der Waals surface area contributed by atoms with Gasteiger partial charge in [0.25, 0.3) is 5.69 Å². The molecule has 0 bridgehead atoms. The van der Waals surface area contributed by atoms with Gasteiger partial charge in [0, 0.05) is 18.8 Å². The number of nitrogens with zero attached hydrogens (tertiary/aromatic N) is 2. The van der Waals surface area contributed by atoms with Crippen molar-refractivity contribution >= 4 is 17.5 Å². The number of nitro benzene ring substituents is 1. The largest absolute Gasteiger partial charge is 0.493 e. The van der Waals surface area contributed by atoms with Gasteiger partial charge in [-0.05, 0) is 50.1 Å². The molecule has 2 aliphatic rings. The number of nitro groups is 1. The molecule has 2 aromatic carbocycles. The van der Waals surface area contributed by atoms with Gasteiger partial charge >= 0.3 is 0 Å². The molecule has 0 aromatic heterocycles. The molecule has 27 heavy (non-hydrogen) atoms. The van der Waals surface area contributed by atoms with E-state index in [4.69, 9.17) is 9.47 Å². The lowest BCUT2D eigenvalue weighted by atomic mass is 9.73. The van der Waals surface area contributed by atoms with E-state index in [2.05, 4.69) is 30.9 Å². The Bertz CT molecular complexity index is 996. The minimum Gasteiger partial charge on any atom is -0.493 e. The molecule has 0 fully saturated rings. The SMILES string of the molecule is COc1ccc([N+](=O)[O-])c2c1OC1(C(C)=C2)N(C)c2ccccc2C1(C)C. The maximum Gasteiger partial charge on any atom is 0.280 e. The molecule has 0 radical (unpaired) electrons. The van der Waals surface area contributed by atoms with Crippen LogP contribution in [0.25, 0.3) is 6.08 Å². The van der Waals surface area contributed by atoms with Crippen LogP contribution in [0.5, 0.6) is 11.5 Å². The Morgan fingerprint density at radius 3 is 2.52 bits per heavy atom. The van der Waals surface area contributed by atoms with E-state index in [1.54, 1.807) is 13.2 Å². The summed E-state index contributed by atoms with van der Waals surface area (Å²) in [5, 5.41) is 11.5. The molecule has 1 spiro atoms. The smallest absolute Gasteiger partial charge is 0.280 e. The normalized spacial score (nSPS) is 22.0. The van der Waals surface area contributed by atoms with Crippen LogP contribution in [-0.4, -0.2) is 24.8 Å². The Labute approximate surface area is 158 Å². The van der Waals surface area contributed by atoms with Crippen molar-refractivity contribution in [3.63, 3.8) is 0 Å². The van der Waals surface area contributed by atoms with Crippen molar-refractivity contribution in [1.82, 2.24) is 0 Å². The first kappa shape index (κ1) is 17.4. The van der Waals surface area contributed by atoms with Gasteiger partial charge in [-0.25, -0.2) is 0 Å². The van der Waals surface area contributed by atoms with Gasteiger partial charge in [0.15, 0.2) is 11.5 Å². The number of anilines is 1. The molecular weight excluding hydrogens is 344 g/mol. The summed E-state index contributed by atoms with van der Waals surface area (Å²) in [5.74, 6) is 0.893. The average Bonchev–Trinajstić information content (AvgIpc) is 2.81. The van der Waals surface area contributed by atoms with Crippen LogP contribution in [0.4, 0.5) is 11.4 Å².